The van der Waals surface area contributed by atoms with Gasteiger partial charge in [0.2, 0.25) is 0 Å². The van der Waals surface area contributed by atoms with Gasteiger partial charge in [0, 0.05) is 26.5 Å². The van der Waals surface area contributed by atoms with Gasteiger partial charge in [0.1, 0.15) is 0 Å². The van der Waals surface area contributed by atoms with Crippen molar-refractivity contribution in [3.05, 3.63) is 16.9 Å². The van der Waals surface area contributed by atoms with Crippen LogP contribution < -0.4 is 0 Å². The van der Waals surface area contributed by atoms with Gasteiger partial charge in [-0.15, -0.1) is 0 Å². The van der Waals surface area contributed by atoms with Crippen molar-refractivity contribution >= 4 is 15.9 Å². The highest BCUT2D eigenvalue weighted by molar-refractivity contribution is 9.10. The number of ether oxygens (including phenoxy) is 1. The molecule has 4 aliphatic rings. The molecular weight excluding hydrogens is 328 g/mol. The molecule has 0 amide bonds. The summed E-state index contributed by atoms with van der Waals surface area (Å²) in [4.78, 5) is 0. The molecule has 0 atom stereocenters. The fourth-order valence-electron chi connectivity index (χ4n) is 5.89. The van der Waals surface area contributed by atoms with Crippen LogP contribution in [-0.4, -0.2) is 23.5 Å². The Labute approximate surface area is 135 Å². The van der Waals surface area contributed by atoms with Gasteiger partial charge >= 0.3 is 0 Å². The second-order valence-corrected chi connectivity index (χ2v) is 8.55. The minimum atomic E-state index is 0.425. The van der Waals surface area contributed by atoms with Gasteiger partial charge in [0.25, 0.3) is 0 Å². The van der Waals surface area contributed by atoms with Crippen molar-refractivity contribution in [2.75, 3.05) is 13.7 Å². The first kappa shape index (κ1) is 14.3. The molecule has 4 aliphatic carbocycles. The average molecular weight is 353 g/mol. The van der Waals surface area contributed by atoms with E-state index in [2.05, 4.69) is 31.9 Å². The highest BCUT2D eigenvalue weighted by Gasteiger charge is 2.56. The van der Waals surface area contributed by atoms with Crippen molar-refractivity contribution < 1.29 is 4.74 Å². The van der Waals surface area contributed by atoms with Crippen molar-refractivity contribution in [2.24, 2.45) is 29.1 Å². The van der Waals surface area contributed by atoms with Crippen LogP contribution >= 0.6 is 15.9 Å². The first-order valence-corrected chi connectivity index (χ1v) is 9.16. The molecule has 0 N–H and O–H groups in total. The maximum absolute atomic E-state index is 5.48. The van der Waals surface area contributed by atoms with E-state index >= 15 is 0 Å². The molecule has 1 aromatic heterocycles. The van der Waals surface area contributed by atoms with E-state index in [1.165, 1.54) is 38.5 Å². The van der Waals surface area contributed by atoms with Crippen LogP contribution in [0.1, 0.15) is 38.5 Å². The van der Waals surface area contributed by atoms with Crippen molar-refractivity contribution in [2.45, 2.75) is 45.1 Å². The first-order valence-electron chi connectivity index (χ1n) is 8.36. The van der Waals surface area contributed by atoms with E-state index in [1.807, 2.05) is 13.3 Å². The lowest BCUT2D eigenvalue weighted by atomic mass is 9.44. The molecule has 0 radical (unpaired) electrons. The van der Waals surface area contributed by atoms with E-state index in [9.17, 15) is 0 Å². The van der Waals surface area contributed by atoms with Crippen LogP contribution in [0.4, 0.5) is 0 Å². The number of hydrogen-bond donors (Lipinski definition) is 0. The van der Waals surface area contributed by atoms with Gasteiger partial charge in [-0.3, -0.25) is 4.68 Å². The summed E-state index contributed by atoms with van der Waals surface area (Å²) in [6.45, 7) is 1.97. The van der Waals surface area contributed by atoms with Crippen LogP contribution in [0.2, 0.25) is 0 Å². The quantitative estimate of drug-likeness (QED) is 0.796. The first-order chi connectivity index (χ1) is 10.2. The SMILES string of the molecule is COCCC1(Cn2cc(Br)cn2)C2CC3CC(C2)CC1C3. The Balaban J connectivity index is 1.64. The molecule has 21 heavy (non-hydrogen) atoms. The fraction of sp³-hybridized carbons (Fsp3) is 0.824. The summed E-state index contributed by atoms with van der Waals surface area (Å²) < 4.78 is 8.74. The molecule has 4 saturated carbocycles. The zero-order valence-corrected chi connectivity index (χ0v) is 14.4. The lowest BCUT2D eigenvalue weighted by molar-refractivity contribution is -0.130. The second kappa shape index (κ2) is 5.38. The molecule has 4 bridgehead atoms. The molecular formula is C17H25BrN2O. The summed E-state index contributed by atoms with van der Waals surface area (Å²) >= 11 is 3.54. The van der Waals surface area contributed by atoms with Gasteiger partial charge in [-0.05, 0) is 83.5 Å². The fourth-order valence-corrected chi connectivity index (χ4v) is 6.21. The van der Waals surface area contributed by atoms with Crippen LogP contribution in [0.5, 0.6) is 0 Å². The molecule has 0 aliphatic heterocycles. The predicted molar refractivity (Wildman–Crippen MR) is 85.9 cm³/mol. The molecule has 0 spiro atoms. The molecule has 0 aromatic carbocycles. The standard InChI is InChI=1S/C17H25BrN2O/c1-21-3-2-17(11-20-10-16(18)9-19-20)14-5-12-4-13(7-14)8-15(17)6-12/h9-10,12-15H,2-8,11H2,1H3. The largest absolute Gasteiger partial charge is 0.385 e. The van der Waals surface area contributed by atoms with Crippen LogP contribution in [0.3, 0.4) is 0 Å². The van der Waals surface area contributed by atoms with Gasteiger partial charge in [-0.25, -0.2) is 0 Å². The molecule has 4 heteroatoms. The van der Waals surface area contributed by atoms with E-state index in [1.54, 1.807) is 0 Å². The minimum Gasteiger partial charge on any atom is -0.385 e. The van der Waals surface area contributed by atoms with E-state index in [0.29, 0.717) is 5.41 Å². The topological polar surface area (TPSA) is 27.1 Å². The summed E-state index contributed by atoms with van der Waals surface area (Å²) in [5.41, 5.74) is 0.425. The molecule has 1 aromatic rings. The van der Waals surface area contributed by atoms with Gasteiger partial charge in [-0.1, -0.05) is 0 Å². The van der Waals surface area contributed by atoms with Crippen LogP contribution in [-0.2, 0) is 11.3 Å². The van der Waals surface area contributed by atoms with Crippen molar-refractivity contribution in [1.29, 1.82) is 0 Å². The predicted octanol–water partition coefficient (Wildman–Crippen LogP) is 4.12. The number of aromatic nitrogens is 2. The third-order valence-corrected chi connectivity index (χ3v) is 7.00. The Morgan fingerprint density at radius 3 is 2.43 bits per heavy atom. The highest BCUT2D eigenvalue weighted by atomic mass is 79.9. The second-order valence-electron chi connectivity index (χ2n) is 7.64. The van der Waals surface area contributed by atoms with Gasteiger partial charge < -0.3 is 4.74 Å². The molecule has 0 unspecified atom stereocenters. The highest BCUT2D eigenvalue weighted by Crippen LogP contribution is 2.64. The van der Waals surface area contributed by atoms with Gasteiger partial charge in [-0.2, -0.15) is 5.10 Å². The third-order valence-electron chi connectivity index (χ3n) is 6.59. The van der Waals surface area contributed by atoms with Crippen molar-refractivity contribution in [3.8, 4) is 0 Å². The zero-order chi connectivity index (χ0) is 14.4. The van der Waals surface area contributed by atoms with Gasteiger partial charge in [0.05, 0.1) is 10.7 Å². The van der Waals surface area contributed by atoms with E-state index in [-0.39, 0.29) is 0 Å². The molecule has 1 heterocycles. The van der Waals surface area contributed by atoms with Crippen LogP contribution in [0.25, 0.3) is 0 Å². The smallest absolute Gasteiger partial charge is 0.0632 e. The Bertz CT molecular complexity index is 485. The summed E-state index contributed by atoms with van der Waals surface area (Å²) in [5, 5.41) is 4.55. The van der Waals surface area contributed by atoms with E-state index in [0.717, 1.165) is 41.3 Å². The normalized spacial score (nSPS) is 40.9. The van der Waals surface area contributed by atoms with Gasteiger partial charge in [0.15, 0.2) is 0 Å². The summed E-state index contributed by atoms with van der Waals surface area (Å²) in [6, 6.07) is 0. The Morgan fingerprint density at radius 2 is 1.90 bits per heavy atom. The third kappa shape index (κ3) is 2.39. The van der Waals surface area contributed by atoms with Crippen molar-refractivity contribution in [1.82, 2.24) is 9.78 Å². The number of rotatable bonds is 5. The Hall–Kier alpha value is -0.350. The number of hydrogen-bond acceptors (Lipinski definition) is 2. The summed E-state index contributed by atoms with van der Waals surface area (Å²) in [7, 11) is 1.84. The van der Waals surface area contributed by atoms with E-state index in [4.69, 9.17) is 4.74 Å². The monoisotopic (exact) mass is 352 g/mol. The van der Waals surface area contributed by atoms with Crippen molar-refractivity contribution in [3.63, 3.8) is 0 Å². The molecule has 4 fully saturated rings. The number of nitrogens with zero attached hydrogens (tertiary/aromatic N) is 2. The molecule has 3 nitrogen and oxygen atoms in total. The molecule has 0 saturated heterocycles. The molecule has 5 rings (SSSR count). The Morgan fingerprint density at radius 1 is 1.24 bits per heavy atom. The molecule has 116 valence electrons. The van der Waals surface area contributed by atoms with Crippen LogP contribution in [0, 0.1) is 29.1 Å². The zero-order valence-electron chi connectivity index (χ0n) is 12.8. The summed E-state index contributed by atoms with van der Waals surface area (Å²) in [5.74, 6) is 3.83. The lowest BCUT2D eigenvalue weighted by Gasteiger charge is -2.61. The minimum absolute atomic E-state index is 0.425. The van der Waals surface area contributed by atoms with Crippen LogP contribution in [0.15, 0.2) is 16.9 Å². The number of halogens is 1. The maximum atomic E-state index is 5.48. The number of methoxy groups -OCH3 is 1. The average Bonchev–Trinajstić information content (AvgIpc) is 2.86. The summed E-state index contributed by atoms with van der Waals surface area (Å²) in [6.07, 6.45) is 12.6. The lowest BCUT2D eigenvalue weighted by Crippen LogP contribution is -2.55. The Kier molecular flexibility index (Phi) is 3.65. The van der Waals surface area contributed by atoms with E-state index < -0.39 is 0 Å². The maximum Gasteiger partial charge on any atom is 0.0632 e.